The normalized spacial score (nSPS) is 23.7. The smallest absolute Gasteiger partial charge is 0.437 e. The van der Waals surface area contributed by atoms with Gasteiger partial charge in [0.25, 0.3) is 0 Å². The lowest BCUT2D eigenvalue weighted by Crippen LogP contribution is -2.53. The van der Waals surface area contributed by atoms with Gasteiger partial charge in [0, 0.05) is 55.7 Å². The third-order valence-electron chi connectivity index (χ3n) is 7.69. The number of nitrogens with one attached hydrogen (secondary N) is 2. The van der Waals surface area contributed by atoms with Gasteiger partial charge < -0.3 is 25.0 Å². The van der Waals surface area contributed by atoms with Crippen LogP contribution in [0.1, 0.15) is 48.7 Å². The van der Waals surface area contributed by atoms with Crippen molar-refractivity contribution in [3.63, 3.8) is 0 Å². The van der Waals surface area contributed by atoms with Crippen molar-refractivity contribution in [1.29, 1.82) is 0 Å². The molecule has 3 saturated heterocycles. The van der Waals surface area contributed by atoms with Crippen molar-refractivity contribution in [2.75, 3.05) is 62.7 Å². The predicted octanol–water partition coefficient (Wildman–Crippen LogP) is 3.68. The largest absolute Gasteiger partial charge is 0.481 e. The minimum atomic E-state index is -4.64. The fourth-order valence-corrected chi connectivity index (χ4v) is 5.74. The van der Waals surface area contributed by atoms with E-state index in [1.807, 2.05) is 6.07 Å². The zero-order chi connectivity index (χ0) is 24.9. The van der Waals surface area contributed by atoms with Gasteiger partial charge in [-0.05, 0) is 45.0 Å². The number of aromatic nitrogens is 2. The third kappa shape index (κ3) is 4.37. The molecule has 8 nitrogen and oxygen atoms in total. The number of hydrogen-bond acceptors (Lipinski definition) is 8. The number of morpholine rings is 1. The Morgan fingerprint density at radius 2 is 1.86 bits per heavy atom. The predicted molar refractivity (Wildman–Crippen MR) is 129 cm³/mol. The maximum Gasteiger partial charge on any atom is 0.437 e. The zero-order valence-corrected chi connectivity index (χ0v) is 20.3. The maximum absolute atomic E-state index is 14.2. The Hall–Kier alpha value is -2.63. The molecule has 0 amide bonds. The lowest BCUT2D eigenvalue weighted by atomic mass is 9.90. The monoisotopic (exact) mass is 504 g/mol. The topological polar surface area (TPSA) is 74.8 Å². The fraction of sp³-hybridized carbons (Fsp3) is 0.600. The lowest BCUT2D eigenvalue weighted by Gasteiger charge is -2.45. The molecule has 0 unspecified atom stereocenters. The molecule has 2 N–H and O–H groups in total. The van der Waals surface area contributed by atoms with Crippen LogP contribution in [0.3, 0.4) is 0 Å². The van der Waals surface area contributed by atoms with Gasteiger partial charge in [0.15, 0.2) is 11.4 Å². The van der Waals surface area contributed by atoms with Gasteiger partial charge in [-0.2, -0.15) is 13.2 Å². The van der Waals surface area contributed by atoms with Crippen molar-refractivity contribution in [2.45, 2.75) is 44.0 Å². The molecule has 3 fully saturated rings. The summed E-state index contributed by atoms with van der Waals surface area (Å²) in [6.45, 7) is 7.78. The first kappa shape index (κ1) is 23.7. The van der Waals surface area contributed by atoms with Crippen LogP contribution in [-0.2, 0) is 10.9 Å². The first-order valence-electron chi connectivity index (χ1n) is 12.7. The Balaban J connectivity index is 1.33. The van der Waals surface area contributed by atoms with E-state index in [-0.39, 0.29) is 17.4 Å². The van der Waals surface area contributed by atoms with E-state index in [0.717, 1.165) is 50.3 Å². The second kappa shape index (κ2) is 9.35. The second-order valence-corrected chi connectivity index (χ2v) is 9.98. The minimum absolute atomic E-state index is 0.0409. The average molecular weight is 505 g/mol. The van der Waals surface area contributed by atoms with E-state index in [1.54, 1.807) is 19.2 Å². The SMILES string of the molecule is C[C@H]1Oc2c(cc(C3CN(C4CCNCC4)C3)nc2C(F)(F)F)Nc2nccc(N3CCOCC3)c21. The quantitative estimate of drug-likeness (QED) is 0.656. The molecule has 0 spiro atoms. The van der Waals surface area contributed by atoms with Crippen LogP contribution in [0.5, 0.6) is 5.75 Å². The van der Waals surface area contributed by atoms with Crippen molar-refractivity contribution in [2.24, 2.45) is 0 Å². The third-order valence-corrected chi connectivity index (χ3v) is 7.69. The Kier molecular flexibility index (Phi) is 6.17. The molecule has 0 saturated carbocycles. The molecule has 36 heavy (non-hydrogen) atoms. The van der Waals surface area contributed by atoms with E-state index in [2.05, 4.69) is 30.4 Å². The van der Waals surface area contributed by atoms with Crippen LogP contribution < -0.4 is 20.3 Å². The highest BCUT2D eigenvalue weighted by Crippen LogP contribution is 2.48. The van der Waals surface area contributed by atoms with Crippen LogP contribution in [-0.4, -0.2) is 73.4 Å². The second-order valence-electron chi connectivity index (χ2n) is 9.98. The molecule has 6 rings (SSSR count). The molecule has 6 heterocycles. The Morgan fingerprint density at radius 3 is 2.58 bits per heavy atom. The molecule has 194 valence electrons. The first-order valence-corrected chi connectivity index (χ1v) is 12.7. The summed E-state index contributed by atoms with van der Waals surface area (Å²) < 4.78 is 54.2. The molecule has 11 heteroatoms. The zero-order valence-electron chi connectivity index (χ0n) is 20.3. The van der Waals surface area contributed by atoms with E-state index >= 15 is 0 Å². The van der Waals surface area contributed by atoms with Crippen molar-refractivity contribution >= 4 is 17.2 Å². The number of hydrogen-bond donors (Lipinski definition) is 2. The van der Waals surface area contributed by atoms with Crippen molar-refractivity contribution in [3.05, 3.63) is 35.3 Å². The highest BCUT2D eigenvalue weighted by molar-refractivity contribution is 5.75. The summed E-state index contributed by atoms with van der Waals surface area (Å²) in [6.07, 6.45) is -1.47. The van der Waals surface area contributed by atoms with Gasteiger partial charge >= 0.3 is 6.18 Å². The van der Waals surface area contributed by atoms with Crippen LogP contribution >= 0.6 is 0 Å². The van der Waals surface area contributed by atoms with Crippen molar-refractivity contribution in [1.82, 2.24) is 20.2 Å². The number of anilines is 3. The van der Waals surface area contributed by atoms with Gasteiger partial charge in [0.05, 0.1) is 24.5 Å². The van der Waals surface area contributed by atoms with Crippen LogP contribution in [0.25, 0.3) is 0 Å². The molecule has 0 bridgehead atoms. The molecular formula is C25H31F3N6O2. The van der Waals surface area contributed by atoms with Crippen LogP contribution in [0.2, 0.25) is 0 Å². The number of piperidine rings is 1. The van der Waals surface area contributed by atoms with E-state index in [9.17, 15) is 13.2 Å². The number of nitrogens with zero attached hydrogens (tertiary/aromatic N) is 4. The van der Waals surface area contributed by atoms with Crippen molar-refractivity contribution < 1.29 is 22.6 Å². The minimum Gasteiger partial charge on any atom is -0.481 e. The highest BCUT2D eigenvalue weighted by Gasteiger charge is 2.43. The van der Waals surface area contributed by atoms with E-state index in [1.165, 1.54) is 0 Å². The summed E-state index contributed by atoms with van der Waals surface area (Å²) in [5, 5.41) is 6.55. The van der Waals surface area contributed by atoms with Gasteiger partial charge in [-0.3, -0.25) is 4.90 Å². The summed E-state index contributed by atoms with van der Waals surface area (Å²) in [4.78, 5) is 13.2. The van der Waals surface area contributed by atoms with Crippen molar-refractivity contribution in [3.8, 4) is 5.75 Å². The summed E-state index contributed by atoms with van der Waals surface area (Å²) in [6, 6.07) is 4.10. The van der Waals surface area contributed by atoms with E-state index < -0.39 is 18.0 Å². The standard InChI is InChI=1S/C25H31F3N6O2/c1-15-21-20(33-8-10-35-11-9-33)4-7-30-24(21)32-19-12-18(31-23(22(19)36-15)25(26,27)28)16-13-34(14-16)17-2-5-29-6-3-17/h4,7,12,15-17,29H,2-3,5-6,8-11,13-14H2,1H3,(H,30,32)/t15-/m1/s1. The van der Waals surface area contributed by atoms with Gasteiger partial charge in [0.1, 0.15) is 11.9 Å². The number of alkyl halides is 3. The molecule has 0 radical (unpaired) electrons. The van der Waals surface area contributed by atoms with Crippen LogP contribution in [0.4, 0.5) is 30.4 Å². The van der Waals surface area contributed by atoms with Gasteiger partial charge in [-0.15, -0.1) is 0 Å². The summed E-state index contributed by atoms with van der Waals surface area (Å²) in [5.74, 6) is 0.209. The van der Waals surface area contributed by atoms with Gasteiger partial charge in [0.2, 0.25) is 0 Å². The van der Waals surface area contributed by atoms with Gasteiger partial charge in [-0.1, -0.05) is 0 Å². The molecule has 4 aliphatic rings. The number of halogens is 3. The summed E-state index contributed by atoms with van der Waals surface area (Å²) in [5.41, 5.74) is 1.38. The molecule has 2 aromatic rings. The molecule has 4 aliphatic heterocycles. The fourth-order valence-electron chi connectivity index (χ4n) is 5.74. The average Bonchev–Trinajstić information content (AvgIpc) is 2.99. The highest BCUT2D eigenvalue weighted by atomic mass is 19.4. The number of ether oxygens (including phenoxy) is 2. The number of rotatable bonds is 3. The lowest BCUT2D eigenvalue weighted by molar-refractivity contribution is -0.143. The van der Waals surface area contributed by atoms with Gasteiger partial charge in [-0.25, -0.2) is 9.97 Å². The Morgan fingerprint density at radius 1 is 1.11 bits per heavy atom. The summed E-state index contributed by atoms with van der Waals surface area (Å²) >= 11 is 0. The first-order chi connectivity index (χ1) is 17.4. The number of likely N-dealkylation sites (tertiary alicyclic amines) is 1. The van der Waals surface area contributed by atoms with E-state index in [4.69, 9.17) is 9.47 Å². The maximum atomic E-state index is 14.2. The van der Waals surface area contributed by atoms with Crippen LogP contribution in [0, 0.1) is 0 Å². The molecule has 0 aliphatic carbocycles. The molecular weight excluding hydrogens is 473 g/mol. The van der Waals surface area contributed by atoms with Crippen LogP contribution in [0.15, 0.2) is 18.3 Å². The molecule has 1 atom stereocenters. The molecule has 2 aromatic heterocycles. The number of fused-ring (bicyclic) bond motifs is 2. The van der Waals surface area contributed by atoms with E-state index in [0.29, 0.717) is 43.9 Å². The Bertz CT molecular complexity index is 1110. The summed E-state index contributed by atoms with van der Waals surface area (Å²) in [7, 11) is 0. The molecule has 0 aromatic carbocycles. The Labute approximate surface area is 208 Å². The number of pyridine rings is 2.